The second kappa shape index (κ2) is 10.4. The number of hydrogen-bond donors (Lipinski definition) is 0. The van der Waals surface area contributed by atoms with Crippen molar-refractivity contribution >= 4 is 29.2 Å². The summed E-state index contributed by atoms with van der Waals surface area (Å²) in [4.78, 5) is 27.4. The summed E-state index contributed by atoms with van der Waals surface area (Å²) in [5.41, 5.74) is 2.47. The minimum absolute atomic E-state index is 0.104. The van der Waals surface area contributed by atoms with E-state index >= 15 is 0 Å². The molecule has 0 radical (unpaired) electrons. The summed E-state index contributed by atoms with van der Waals surface area (Å²) in [7, 11) is 0. The Labute approximate surface area is 198 Å². The third-order valence-corrected chi connectivity index (χ3v) is 6.42. The fourth-order valence-electron chi connectivity index (χ4n) is 4.35. The topological polar surface area (TPSA) is 62.2 Å². The van der Waals surface area contributed by atoms with E-state index in [1.165, 1.54) is 12.1 Å². The molecular formula is C25H27ClFN3O3. The Morgan fingerprint density at radius 1 is 1.09 bits per heavy atom. The Hall–Kier alpha value is -2.77. The van der Waals surface area contributed by atoms with Crippen LogP contribution in [0.1, 0.15) is 43.4 Å². The van der Waals surface area contributed by atoms with Crippen molar-refractivity contribution in [3.8, 4) is 0 Å². The number of halogens is 2. The Kier molecular flexibility index (Phi) is 7.40. The summed E-state index contributed by atoms with van der Waals surface area (Å²) >= 11 is 6.05. The van der Waals surface area contributed by atoms with Gasteiger partial charge in [0.15, 0.2) is 0 Å². The Bertz CT molecular complexity index is 1020. The van der Waals surface area contributed by atoms with E-state index in [9.17, 15) is 14.0 Å². The van der Waals surface area contributed by atoms with Crippen LogP contribution in [0, 0.1) is 11.7 Å². The van der Waals surface area contributed by atoms with E-state index < -0.39 is 0 Å². The molecule has 8 heteroatoms. The standard InChI is InChI=1S/C25H27ClFN3O3/c1-2-33-25(32)19-11-13-29(14-12-19)16-24(31)30-23(18-3-7-20(26)8-4-18)15-22(28-30)17-5-9-21(27)10-6-17/h3-10,19,23H,2,11-16H2,1H3. The third kappa shape index (κ3) is 5.60. The normalized spacial score (nSPS) is 19.4. The van der Waals surface area contributed by atoms with Gasteiger partial charge in [-0.15, -0.1) is 0 Å². The van der Waals surface area contributed by atoms with Crippen LogP contribution < -0.4 is 0 Å². The van der Waals surface area contributed by atoms with Crippen LogP contribution >= 0.6 is 11.6 Å². The first-order valence-corrected chi connectivity index (χ1v) is 11.6. The highest BCUT2D eigenvalue weighted by Gasteiger charge is 2.35. The molecule has 4 rings (SSSR count). The smallest absolute Gasteiger partial charge is 0.309 e. The summed E-state index contributed by atoms with van der Waals surface area (Å²) < 4.78 is 18.5. The lowest BCUT2D eigenvalue weighted by molar-refractivity contribution is -0.149. The number of amides is 1. The minimum atomic E-state index is -0.314. The highest BCUT2D eigenvalue weighted by atomic mass is 35.5. The molecular weight excluding hydrogens is 445 g/mol. The van der Waals surface area contributed by atoms with Gasteiger partial charge in [0.25, 0.3) is 5.91 Å². The number of hydrogen-bond acceptors (Lipinski definition) is 5. The first-order valence-electron chi connectivity index (χ1n) is 11.2. The van der Waals surface area contributed by atoms with Gasteiger partial charge in [0.1, 0.15) is 5.82 Å². The van der Waals surface area contributed by atoms with Crippen LogP contribution in [0.3, 0.4) is 0 Å². The molecule has 0 saturated carbocycles. The molecule has 2 aromatic rings. The molecule has 1 saturated heterocycles. The molecule has 6 nitrogen and oxygen atoms in total. The van der Waals surface area contributed by atoms with Gasteiger partial charge in [-0.05, 0) is 68.2 Å². The molecule has 33 heavy (non-hydrogen) atoms. The molecule has 1 fully saturated rings. The summed E-state index contributed by atoms with van der Waals surface area (Å²) in [5.74, 6) is -0.681. The molecule has 1 atom stereocenters. The number of carbonyl (C=O) groups excluding carboxylic acids is 2. The average Bonchev–Trinajstić information content (AvgIpc) is 3.26. The lowest BCUT2D eigenvalue weighted by Crippen LogP contribution is -2.43. The summed E-state index contributed by atoms with van der Waals surface area (Å²) in [6, 6.07) is 13.3. The molecule has 0 spiro atoms. The highest BCUT2D eigenvalue weighted by molar-refractivity contribution is 6.30. The predicted octanol–water partition coefficient (Wildman–Crippen LogP) is 4.43. The van der Waals surface area contributed by atoms with E-state index in [0.29, 0.717) is 44.0 Å². The number of carbonyl (C=O) groups is 2. The van der Waals surface area contributed by atoms with Gasteiger partial charge in [0, 0.05) is 11.4 Å². The average molecular weight is 472 g/mol. The molecule has 2 aliphatic heterocycles. The first-order chi connectivity index (χ1) is 15.9. The van der Waals surface area contributed by atoms with E-state index in [0.717, 1.165) is 16.8 Å². The van der Waals surface area contributed by atoms with E-state index in [-0.39, 0.29) is 36.2 Å². The summed E-state index contributed by atoms with van der Waals surface area (Å²) in [6.45, 7) is 3.72. The van der Waals surface area contributed by atoms with Crippen molar-refractivity contribution in [2.24, 2.45) is 11.0 Å². The van der Waals surface area contributed by atoms with Crippen LogP contribution in [0.25, 0.3) is 0 Å². The van der Waals surface area contributed by atoms with Crippen LogP contribution in [0.15, 0.2) is 53.6 Å². The number of nitrogens with zero attached hydrogens (tertiary/aromatic N) is 3. The zero-order valence-corrected chi connectivity index (χ0v) is 19.3. The van der Waals surface area contributed by atoms with Crippen LogP contribution in [0.5, 0.6) is 0 Å². The zero-order valence-electron chi connectivity index (χ0n) is 18.5. The van der Waals surface area contributed by atoms with Gasteiger partial charge in [-0.2, -0.15) is 5.10 Å². The quantitative estimate of drug-likeness (QED) is 0.585. The van der Waals surface area contributed by atoms with Gasteiger partial charge in [0.05, 0.1) is 30.8 Å². The van der Waals surface area contributed by atoms with E-state index in [4.69, 9.17) is 16.3 Å². The number of hydrazone groups is 1. The number of ether oxygens (including phenoxy) is 1. The van der Waals surface area contributed by atoms with Crippen molar-refractivity contribution in [3.63, 3.8) is 0 Å². The molecule has 1 unspecified atom stereocenters. The molecule has 0 bridgehead atoms. The largest absolute Gasteiger partial charge is 0.466 e. The fraction of sp³-hybridized carbons (Fsp3) is 0.400. The Morgan fingerprint density at radius 2 is 1.76 bits per heavy atom. The number of esters is 1. The molecule has 2 aliphatic rings. The zero-order chi connectivity index (χ0) is 23.4. The van der Waals surface area contributed by atoms with Gasteiger partial charge in [-0.25, -0.2) is 9.40 Å². The van der Waals surface area contributed by atoms with Crippen LogP contribution in [0.4, 0.5) is 4.39 Å². The van der Waals surface area contributed by atoms with Crippen LogP contribution in [-0.2, 0) is 14.3 Å². The highest BCUT2D eigenvalue weighted by Crippen LogP contribution is 2.33. The lowest BCUT2D eigenvalue weighted by atomic mass is 9.97. The van der Waals surface area contributed by atoms with Crippen molar-refractivity contribution in [2.75, 3.05) is 26.2 Å². The fourth-order valence-corrected chi connectivity index (χ4v) is 4.48. The number of likely N-dealkylation sites (tertiary alicyclic amines) is 1. The van der Waals surface area contributed by atoms with Crippen LogP contribution in [-0.4, -0.2) is 53.7 Å². The van der Waals surface area contributed by atoms with Gasteiger partial charge >= 0.3 is 5.97 Å². The third-order valence-electron chi connectivity index (χ3n) is 6.16. The molecule has 0 aromatic heterocycles. The van der Waals surface area contributed by atoms with Crippen molar-refractivity contribution in [3.05, 3.63) is 70.5 Å². The van der Waals surface area contributed by atoms with E-state index in [1.54, 1.807) is 36.2 Å². The first kappa shape index (κ1) is 23.4. The Balaban J connectivity index is 1.48. The van der Waals surface area contributed by atoms with Crippen molar-refractivity contribution < 1.29 is 18.7 Å². The van der Waals surface area contributed by atoms with Crippen molar-refractivity contribution in [1.82, 2.24) is 9.91 Å². The van der Waals surface area contributed by atoms with E-state index in [1.807, 2.05) is 12.1 Å². The lowest BCUT2D eigenvalue weighted by Gasteiger charge is -2.31. The molecule has 0 aliphatic carbocycles. The van der Waals surface area contributed by atoms with Crippen molar-refractivity contribution in [1.29, 1.82) is 0 Å². The summed E-state index contributed by atoms with van der Waals surface area (Å²) in [6.07, 6.45) is 1.89. The molecule has 0 N–H and O–H groups in total. The van der Waals surface area contributed by atoms with Crippen LogP contribution in [0.2, 0.25) is 5.02 Å². The predicted molar refractivity (Wildman–Crippen MR) is 124 cm³/mol. The second-order valence-corrected chi connectivity index (χ2v) is 8.80. The second-order valence-electron chi connectivity index (χ2n) is 8.37. The minimum Gasteiger partial charge on any atom is -0.466 e. The maximum absolute atomic E-state index is 13.4. The molecule has 2 heterocycles. The van der Waals surface area contributed by atoms with Gasteiger partial charge in [-0.1, -0.05) is 35.9 Å². The number of benzene rings is 2. The van der Waals surface area contributed by atoms with Crippen molar-refractivity contribution in [2.45, 2.75) is 32.2 Å². The van der Waals surface area contributed by atoms with Gasteiger partial charge in [-0.3, -0.25) is 14.5 Å². The SMILES string of the molecule is CCOC(=O)C1CCN(CC(=O)N2N=C(c3ccc(F)cc3)CC2c2ccc(Cl)cc2)CC1. The van der Waals surface area contributed by atoms with Gasteiger partial charge in [0.2, 0.25) is 0 Å². The maximum Gasteiger partial charge on any atom is 0.309 e. The number of rotatable bonds is 6. The maximum atomic E-state index is 13.4. The Morgan fingerprint density at radius 3 is 2.39 bits per heavy atom. The molecule has 2 aromatic carbocycles. The monoisotopic (exact) mass is 471 g/mol. The molecule has 1 amide bonds. The van der Waals surface area contributed by atoms with E-state index in [2.05, 4.69) is 10.0 Å². The summed E-state index contributed by atoms with van der Waals surface area (Å²) in [5, 5.41) is 6.81. The van der Waals surface area contributed by atoms with Gasteiger partial charge < -0.3 is 4.74 Å². The molecule has 174 valence electrons. The number of piperidine rings is 1.